The van der Waals surface area contributed by atoms with Crippen LogP contribution in [0.15, 0.2) is 30.3 Å². The summed E-state index contributed by atoms with van der Waals surface area (Å²) in [6.07, 6.45) is 2.28. The predicted molar refractivity (Wildman–Crippen MR) is 94.6 cm³/mol. The van der Waals surface area contributed by atoms with E-state index in [0.717, 1.165) is 26.1 Å². The molecule has 0 bridgehead atoms. The van der Waals surface area contributed by atoms with Crippen LogP contribution in [-0.2, 0) is 6.54 Å². The minimum absolute atomic E-state index is 0.0167. The number of carbonyl (C=O) groups excluding carboxylic acids is 1. The summed E-state index contributed by atoms with van der Waals surface area (Å²) in [7, 11) is 0. The largest absolute Gasteiger partial charge is 0.395 e. The van der Waals surface area contributed by atoms with E-state index in [0.29, 0.717) is 24.9 Å². The maximum Gasteiger partial charge on any atom is 0.317 e. The van der Waals surface area contributed by atoms with E-state index in [9.17, 15) is 4.79 Å². The number of aliphatic hydroxyl groups is 1. The Hall–Kier alpha value is -1.59. The number of amides is 2. The van der Waals surface area contributed by atoms with Crippen molar-refractivity contribution in [3.63, 3.8) is 0 Å². The molecule has 2 amide bonds. The Labute approximate surface area is 144 Å². The highest BCUT2D eigenvalue weighted by atomic mass is 16.3. The molecule has 1 saturated heterocycles. The normalized spacial score (nSPS) is 26.3. The predicted octanol–water partition coefficient (Wildman–Crippen LogP) is 1.92. The second-order valence-corrected chi connectivity index (χ2v) is 7.04. The Balaban J connectivity index is 1.54. The summed E-state index contributed by atoms with van der Waals surface area (Å²) in [5, 5.41) is 12.3. The molecular weight excluding hydrogens is 302 g/mol. The number of hydrogen-bond donors (Lipinski definition) is 2. The van der Waals surface area contributed by atoms with Crippen LogP contribution < -0.4 is 5.32 Å². The molecule has 1 saturated carbocycles. The van der Waals surface area contributed by atoms with Crippen LogP contribution in [0, 0.1) is 11.8 Å². The number of nitrogens with zero attached hydrogens (tertiary/aromatic N) is 2. The van der Waals surface area contributed by atoms with E-state index in [1.807, 2.05) is 6.92 Å². The van der Waals surface area contributed by atoms with E-state index in [2.05, 4.69) is 40.5 Å². The number of urea groups is 1. The van der Waals surface area contributed by atoms with Crippen LogP contribution in [0.25, 0.3) is 0 Å². The molecule has 0 radical (unpaired) electrons. The molecule has 1 heterocycles. The first-order valence-electron chi connectivity index (χ1n) is 9.13. The van der Waals surface area contributed by atoms with Gasteiger partial charge in [-0.25, -0.2) is 4.79 Å². The highest BCUT2D eigenvalue weighted by molar-refractivity contribution is 5.74. The molecule has 3 atom stereocenters. The van der Waals surface area contributed by atoms with Gasteiger partial charge in [0.25, 0.3) is 0 Å². The number of aliphatic hydroxyl groups excluding tert-OH is 1. The van der Waals surface area contributed by atoms with Gasteiger partial charge in [-0.15, -0.1) is 0 Å². The van der Waals surface area contributed by atoms with E-state index in [-0.39, 0.29) is 18.7 Å². The van der Waals surface area contributed by atoms with E-state index in [4.69, 9.17) is 5.11 Å². The maximum atomic E-state index is 12.4. The van der Waals surface area contributed by atoms with Crippen molar-refractivity contribution in [3.05, 3.63) is 35.9 Å². The fourth-order valence-corrected chi connectivity index (χ4v) is 4.28. The zero-order valence-corrected chi connectivity index (χ0v) is 14.5. The molecule has 0 unspecified atom stereocenters. The summed E-state index contributed by atoms with van der Waals surface area (Å²) in [6.45, 7) is 6.21. The van der Waals surface area contributed by atoms with Crippen molar-refractivity contribution in [1.29, 1.82) is 0 Å². The van der Waals surface area contributed by atoms with Crippen LogP contribution in [0.1, 0.15) is 25.3 Å². The van der Waals surface area contributed by atoms with Gasteiger partial charge in [0.15, 0.2) is 0 Å². The fraction of sp³-hybridized carbons (Fsp3) is 0.632. The minimum Gasteiger partial charge on any atom is -0.395 e. The van der Waals surface area contributed by atoms with Crippen LogP contribution in [0.4, 0.5) is 4.79 Å². The lowest BCUT2D eigenvalue weighted by atomic mass is 9.98. The lowest BCUT2D eigenvalue weighted by Gasteiger charge is -2.26. The first-order valence-corrected chi connectivity index (χ1v) is 9.13. The molecule has 0 aromatic heterocycles. The molecule has 5 heteroatoms. The third kappa shape index (κ3) is 3.90. The molecule has 1 aromatic rings. The number of carbonyl (C=O) groups is 1. The van der Waals surface area contributed by atoms with Gasteiger partial charge in [-0.1, -0.05) is 30.3 Å². The van der Waals surface area contributed by atoms with Gasteiger partial charge in [-0.2, -0.15) is 0 Å². The van der Waals surface area contributed by atoms with Crippen LogP contribution in [0.2, 0.25) is 0 Å². The van der Waals surface area contributed by atoms with Crippen molar-refractivity contribution in [3.8, 4) is 0 Å². The Morgan fingerprint density at radius 3 is 2.79 bits per heavy atom. The number of rotatable bonds is 6. The molecule has 3 rings (SSSR count). The van der Waals surface area contributed by atoms with Crippen LogP contribution in [0.5, 0.6) is 0 Å². The Bertz CT molecular complexity index is 537. The summed E-state index contributed by atoms with van der Waals surface area (Å²) in [5.41, 5.74) is 1.36. The van der Waals surface area contributed by atoms with E-state index in [1.54, 1.807) is 4.90 Å². The number of likely N-dealkylation sites (tertiary alicyclic amines) is 1. The Morgan fingerprint density at radius 2 is 2.08 bits per heavy atom. The second kappa shape index (κ2) is 7.99. The highest BCUT2D eigenvalue weighted by Crippen LogP contribution is 2.38. The third-order valence-electron chi connectivity index (χ3n) is 5.53. The van der Waals surface area contributed by atoms with Crippen molar-refractivity contribution in [2.45, 2.75) is 32.4 Å². The van der Waals surface area contributed by atoms with E-state index < -0.39 is 0 Å². The van der Waals surface area contributed by atoms with Gasteiger partial charge < -0.3 is 15.3 Å². The zero-order valence-electron chi connectivity index (χ0n) is 14.5. The van der Waals surface area contributed by atoms with Crippen molar-refractivity contribution < 1.29 is 9.90 Å². The third-order valence-corrected chi connectivity index (χ3v) is 5.53. The molecule has 2 fully saturated rings. The summed E-state index contributed by atoms with van der Waals surface area (Å²) < 4.78 is 0. The molecule has 132 valence electrons. The summed E-state index contributed by atoms with van der Waals surface area (Å²) in [4.78, 5) is 16.6. The molecular formula is C19H29N3O2. The monoisotopic (exact) mass is 331 g/mol. The molecule has 2 aliphatic rings. The van der Waals surface area contributed by atoms with Crippen molar-refractivity contribution >= 4 is 6.03 Å². The van der Waals surface area contributed by atoms with Gasteiger partial charge in [0.05, 0.1) is 6.61 Å². The van der Waals surface area contributed by atoms with Crippen LogP contribution >= 0.6 is 0 Å². The topological polar surface area (TPSA) is 55.8 Å². The minimum atomic E-state index is -0.0290. The highest BCUT2D eigenvalue weighted by Gasteiger charge is 2.43. The molecule has 1 aliphatic carbocycles. The number of fused-ring (bicyclic) bond motifs is 1. The van der Waals surface area contributed by atoms with E-state index >= 15 is 0 Å². The standard InChI is InChI=1S/C19H29N3O2/c1-2-22(10-11-23)19(24)20-18-9-8-16-13-21(14-17(16)18)12-15-6-4-3-5-7-15/h3-7,16-18,23H,2,8-14H2,1H3,(H,20,24)/t16-,17+,18-/m1/s1. The van der Waals surface area contributed by atoms with Crippen LogP contribution in [0.3, 0.4) is 0 Å². The summed E-state index contributed by atoms with van der Waals surface area (Å²) >= 11 is 0. The van der Waals surface area contributed by atoms with Crippen molar-refractivity contribution in [2.24, 2.45) is 11.8 Å². The number of likely N-dealkylation sites (N-methyl/N-ethyl adjacent to an activating group) is 1. The molecule has 0 spiro atoms. The van der Waals surface area contributed by atoms with Gasteiger partial charge in [0, 0.05) is 38.8 Å². The smallest absolute Gasteiger partial charge is 0.317 e. The second-order valence-electron chi connectivity index (χ2n) is 7.04. The average molecular weight is 331 g/mol. The average Bonchev–Trinajstić information content (AvgIpc) is 3.15. The van der Waals surface area contributed by atoms with Gasteiger partial charge in [-0.05, 0) is 37.2 Å². The first kappa shape index (κ1) is 17.2. The Kier molecular flexibility index (Phi) is 5.74. The number of nitrogens with one attached hydrogen (secondary N) is 1. The quantitative estimate of drug-likeness (QED) is 0.837. The van der Waals surface area contributed by atoms with Gasteiger partial charge in [-0.3, -0.25) is 4.90 Å². The lowest BCUT2D eigenvalue weighted by molar-refractivity contribution is 0.173. The first-order chi connectivity index (χ1) is 11.7. The summed E-state index contributed by atoms with van der Waals surface area (Å²) in [5.74, 6) is 1.26. The molecule has 1 aliphatic heterocycles. The Morgan fingerprint density at radius 1 is 1.29 bits per heavy atom. The molecule has 1 aromatic carbocycles. The van der Waals surface area contributed by atoms with Gasteiger partial charge >= 0.3 is 6.03 Å². The fourth-order valence-electron chi connectivity index (χ4n) is 4.28. The molecule has 2 N–H and O–H groups in total. The SMILES string of the molecule is CCN(CCO)C(=O)N[C@@H]1CC[C@@H]2CN(Cc3ccccc3)C[C@@H]21. The van der Waals surface area contributed by atoms with Crippen LogP contribution in [-0.4, -0.2) is 59.8 Å². The number of hydrogen-bond acceptors (Lipinski definition) is 3. The van der Waals surface area contributed by atoms with Gasteiger partial charge in [0.1, 0.15) is 0 Å². The molecule has 5 nitrogen and oxygen atoms in total. The zero-order chi connectivity index (χ0) is 16.9. The number of benzene rings is 1. The lowest BCUT2D eigenvalue weighted by Crippen LogP contribution is -2.47. The van der Waals surface area contributed by atoms with Crippen molar-refractivity contribution in [1.82, 2.24) is 15.1 Å². The van der Waals surface area contributed by atoms with Crippen molar-refractivity contribution in [2.75, 3.05) is 32.8 Å². The summed E-state index contributed by atoms with van der Waals surface area (Å²) in [6, 6.07) is 10.9. The maximum absolute atomic E-state index is 12.4. The van der Waals surface area contributed by atoms with Gasteiger partial charge in [0.2, 0.25) is 0 Å². The molecule has 24 heavy (non-hydrogen) atoms. The van der Waals surface area contributed by atoms with E-state index in [1.165, 1.54) is 12.0 Å².